The zero-order valence-corrected chi connectivity index (χ0v) is 23.6. The summed E-state index contributed by atoms with van der Waals surface area (Å²) in [5, 5.41) is 0.902. The topological polar surface area (TPSA) is 124 Å². The first-order valence-electron chi connectivity index (χ1n) is 12.7. The highest BCUT2D eigenvalue weighted by atomic mass is 79.9. The van der Waals surface area contributed by atoms with Gasteiger partial charge in [0.05, 0.1) is 28.9 Å². The van der Waals surface area contributed by atoms with Gasteiger partial charge in [-0.15, -0.1) is 0 Å². The van der Waals surface area contributed by atoms with Gasteiger partial charge in [0.1, 0.15) is 0 Å². The molecule has 2 heterocycles. The number of nitrogens with zero attached hydrogens (tertiary/aromatic N) is 3. The largest absolute Gasteiger partial charge is 0.428 e. The van der Waals surface area contributed by atoms with Gasteiger partial charge in [-0.3, -0.25) is 24.1 Å². The van der Waals surface area contributed by atoms with E-state index in [9.17, 15) is 24.0 Å². The van der Waals surface area contributed by atoms with Crippen LogP contribution in [0.1, 0.15) is 37.8 Å². The second kappa shape index (κ2) is 12.1. The zero-order chi connectivity index (χ0) is 28.3. The van der Waals surface area contributed by atoms with Crippen molar-refractivity contribution in [3.8, 4) is 0 Å². The Morgan fingerprint density at radius 1 is 1.10 bits per heavy atom. The molecule has 1 amide bonds. The Kier molecular flexibility index (Phi) is 8.86. The van der Waals surface area contributed by atoms with Gasteiger partial charge in [0.2, 0.25) is 12.7 Å². The molecule has 0 bridgehead atoms. The van der Waals surface area contributed by atoms with E-state index in [1.807, 2.05) is 44.0 Å². The van der Waals surface area contributed by atoms with Crippen LogP contribution in [-0.4, -0.2) is 84.3 Å². The van der Waals surface area contributed by atoms with Gasteiger partial charge in [0.25, 0.3) is 0 Å². The number of carbonyl (C=O) groups is 5. The predicted molar refractivity (Wildman–Crippen MR) is 143 cm³/mol. The molecule has 12 heteroatoms. The first-order chi connectivity index (χ1) is 18.7. The Balaban J connectivity index is 1.56. The van der Waals surface area contributed by atoms with Crippen molar-refractivity contribution in [3.05, 3.63) is 40.0 Å². The van der Waals surface area contributed by atoms with Crippen LogP contribution in [0.3, 0.4) is 0 Å². The van der Waals surface area contributed by atoms with E-state index in [2.05, 4.69) is 31.6 Å². The molecule has 0 radical (unpaired) electrons. The molecular formula is C27H30BrN3O8. The molecule has 39 heavy (non-hydrogen) atoms. The molecule has 2 aliphatic rings. The summed E-state index contributed by atoms with van der Waals surface area (Å²) >= 11 is 3.58. The zero-order valence-electron chi connectivity index (χ0n) is 22.0. The maximum Gasteiger partial charge on any atom is 0.422 e. The third-order valence-electron chi connectivity index (χ3n) is 7.19. The summed E-state index contributed by atoms with van der Waals surface area (Å²) in [5.74, 6) is -1.80. The summed E-state index contributed by atoms with van der Waals surface area (Å²) in [5.41, 5.74) is 3.60. The van der Waals surface area contributed by atoms with Crippen LogP contribution in [0.5, 0.6) is 0 Å². The molecule has 0 unspecified atom stereocenters. The van der Waals surface area contributed by atoms with Gasteiger partial charge in [-0.1, -0.05) is 18.2 Å². The van der Waals surface area contributed by atoms with Crippen LogP contribution in [0.4, 0.5) is 4.79 Å². The molecule has 0 saturated heterocycles. The highest BCUT2D eigenvalue weighted by molar-refractivity contribution is 9.10. The summed E-state index contributed by atoms with van der Waals surface area (Å²) in [4.78, 5) is 63.4. The molecule has 2 atom stereocenters. The highest BCUT2D eigenvalue weighted by Crippen LogP contribution is 2.45. The van der Waals surface area contributed by atoms with Crippen molar-refractivity contribution in [2.24, 2.45) is 5.92 Å². The third kappa shape index (κ3) is 5.62. The van der Waals surface area contributed by atoms with Crippen molar-refractivity contribution in [2.75, 3.05) is 33.5 Å². The van der Waals surface area contributed by atoms with Crippen LogP contribution in [0.15, 0.2) is 28.9 Å². The first-order valence-corrected chi connectivity index (χ1v) is 13.5. The molecule has 1 aliphatic heterocycles. The van der Waals surface area contributed by atoms with Crippen LogP contribution < -0.4 is 0 Å². The number of hydrogen-bond donors (Lipinski definition) is 0. The molecular weight excluding hydrogens is 574 g/mol. The molecule has 1 aliphatic carbocycles. The van der Waals surface area contributed by atoms with Crippen LogP contribution in [0, 0.1) is 5.92 Å². The van der Waals surface area contributed by atoms with Gasteiger partial charge < -0.3 is 19.1 Å². The van der Waals surface area contributed by atoms with Crippen molar-refractivity contribution >= 4 is 62.8 Å². The van der Waals surface area contributed by atoms with E-state index in [4.69, 9.17) is 9.47 Å². The van der Waals surface area contributed by atoms with Crippen molar-refractivity contribution < 1.29 is 38.2 Å². The van der Waals surface area contributed by atoms with Gasteiger partial charge in [-0.2, -0.15) is 0 Å². The second-order valence-electron chi connectivity index (χ2n) is 9.33. The van der Waals surface area contributed by atoms with Crippen LogP contribution in [-0.2, 0) is 39.8 Å². The average Bonchev–Trinajstić information content (AvgIpc) is 3.20. The average molecular weight is 604 g/mol. The van der Waals surface area contributed by atoms with E-state index in [0.29, 0.717) is 36.2 Å². The van der Waals surface area contributed by atoms with Crippen molar-refractivity contribution in [1.29, 1.82) is 0 Å². The minimum absolute atomic E-state index is 0.0148. The van der Waals surface area contributed by atoms with Crippen molar-refractivity contribution in [1.82, 2.24) is 14.4 Å². The normalized spacial score (nSPS) is 18.1. The molecule has 1 aromatic heterocycles. The number of aromatic nitrogens is 1. The van der Waals surface area contributed by atoms with E-state index < -0.39 is 24.8 Å². The third-order valence-corrected chi connectivity index (χ3v) is 8.02. The van der Waals surface area contributed by atoms with Gasteiger partial charge >= 0.3 is 24.5 Å². The van der Waals surface area contributed by atoms with E-state index >= 15 is 0 Å². The maximum absolute atomic E-state index is 13.2. The lowest BCUT2D eigenvalue weighted by Gasteiger charge is -2.40. The van der Waals surface area contributed by atoms with E-state index in [-0.39, 0.29) is 37.2 Å². The lowest BCUT2D eigenvalue weighted by atomic mass is 9.79. The molecule has 0 saturated carbocycles. The number of fused-ring (bicyclic) bond motifs is 2. The fourth-order valence-corrected chi connectivity index (χ4v) is 5.99. The number of likely N-dealkylation sites (N-methyl/N-ethyl adjacent to an activating group) is 1. The number of benzene rings is 1. The lowest BCUT2D eigenvalue weighted by molar-refractivity contribution is -0.158. The molecule has 208 valence electrons. The number of carbonyl (C=O) groups excluding carboxylic acids is 5. The lowest BCUT2D eigenvalue weighted by Crippen LogP contribution is -2.47. The van der Waals surface area contributed by atoms with Gasteiger partial charge in [-0.05, 0) is 66.0 Å². The number of amides is 1. The number of hydrogen-bond acceptors (Lipinski definition) is 9. The minimum Gasteiger partial charge on any atom is -0.428 e. The number of halogens is 1. The summed E-state index contributed by atoms with van der Waals surface area (Å²) in [6.45, 7) is 5.21. The summed E-state index contributed by atoms with van der Waals surface area (Å²) in [6.07, 6.45) is 1.31. The quantitative estimate of drug-likeness (QED) is 0.184. The molecule has 0 fully saturated rings. The number of esters is 2. The van der Waals surface area contributed by atoms with Gasteiger partial charge in [-0.25, -0.2) is 9.36 Å². The van der Waals surface area contributed by atoms with Crippen LogP contribution in [0.2, 0.25) is 0 Å². The standard InChI is InChI=1S/C27H30BrN3O8/c1-4-30(5-2)26(35)16-11-18-17-7-6-8-20-24(17)19(12-21(18)29(3)13-16)25(28)31(20)27(36)39-15-38-23(34)10-9-22(33)37-14-32/h6-8,11,14,16,21H,4-5,9-10,12-13,15H2,1-3H3/t16-,21-/m1/s1. The Morgan fingerprint density at radius 2 is 1.82 bits per heavy atom. The smallest absolute Gasteiger partial charge is 0.422 e. The van der Waals surface area contributed by atoms with E-state index in [1.165, 1.54) is 4.57 Å². The number of ether oxygens (including phenoxy) is 3. The Labute approximate surface area is 233 Å². The van der Waals surface area contributed by atoms with Crippen LogP contribution >= 0.6 is 15.9 Å². The molecule has 1 aromatic carbocycles. The molecule has 4 rings (SSSR count). The minimum atomic E-state index is -0.861. The fourth-order valence-electron chi connectivity index (χ4n) is 5.29. The monoisotopic (exact) mass is 603 g/mol. The van der Waals surface area contributed by atoms with Crippen molar-refractivity contribution in [2.45, 2.75) is 39.2 Å². The van der Waals surface area contributed by atoms with Gasteiger partial charge in [0.15, 0.2) is 0 Å². The summed E-state index contributed by atoms with van der Waals surface area (Å²) < 4.78 is 16.1. The molecule has 0 spiro atoms. The molecule has 11 nitrogen and oxygen atoms in total. The SMILES string of the molecule is CCN(CC)C(=O)[C@@H]1C=C2c3cccc4c3c(c(Br)n4C(=O)OCOC(=O)CCC(=O)OC=O)C[C@H]2N(C)C1. The first kappa shape index (κ1) is 28.5. The maximum atomic E-state index is 13.2. The van der Waals surface area contributed by atoms with Crippen LogP contribution in [0.25, 0.3) is 16.5 Å². The predicted octanol–water partition coefficient (Wildman–Crippen LogP) is 3.11. The Bertz CT molecular complexity index is 1350. The van der Waals surface area contributed by atoms with E-state index in [0.717, 1.165) is 22.1 Å². The summed E-state index contributed by atoms with van der Waals surface area (Å²) in [6, 6.07) is 5.71. The second-order valence-corrected chi connectivity index (χ2v) is 10.1. The summed E-state index contributed by atoms with van der Waals surface area (Å²) in [7, 11) is 2.01. The Morgan fingerprint density at radius 3 is 2.51 bits per heavy atom. The fraction of sp³-hybridized carbons (Fsp3) is 0.444. The Hall–Kier alpha value is -3.51. The molecule has 0 N–H and O–H groups in total. The van der Waals surface area contributed by atoms with Crippen molar-refractivity contribution in [3.63, 3.8) is 0 Å². The number of rotatable bonds is 9. The van der Waals surface area contributed by atoms with E-state index in [1.54, 1.807) is 0 Å². The van der Waals surface area contributed by atoms with Gasteiger partial charge in [0, 0.05) is 31.1 Å². The highest BCUT2D eigenvalue weighted by Gasteiger charge is 2.38. The molecule has 2 aromatic rings.